The number of rotatable bonds is 8. The Morgan fingerprint density at radius 2 is 2.09 bits per heavy atom. The first-order chi connectivity index (χ1) is 16.6. The molecule has 1 aromatic carbocycles. The minimum absolute atomic E-state index is 0.0760. The van der Waals surface area contributed by atoms with Gasteiger partial charge in [-0.15, -0.1) is 0 Å². The first-order valence-corrected chi connectivity index (χ1v) is 12.8. The molecule has 0 unspecified atom stereocenters. The van der Waals surface area contributed by atoms with Crippen molar-refractivity contribution in [2.75, 3.05) is 35.6 Å². The van der Waals surface area contributed by atoms with E-state index in [-0.39, 0.29) is 19.4 Å². The number of thiazole rings is 1. The molecule has 13 heteroatoms. The number of amides is 1. The molecule has 2 atom stereocenters. The highest BCUT2D eigenvalue weighted by Gasteiger charge is 2.43. The maximum atomic E-state index is 13.3. The number of nitrogen functional groups attached to an aromatic ring is 1. The Bertz CT molecular complexity index is 1360. The summed E-state index contributed by atoms with van der Waals surface area (Å²) >= 11 is 1.14. The quantitative estimate of drug-likeness (QED) is 0.375. The van der Waals surface area contributed by atoms with Gasteiger partial charge in [-0.05, 0) is 42.0 Å². The Kier molecular flexibility index (Phi) is 6.81. The molecule has 1 aliphatic heterocycles. The second-order valence-corrected chi connectivity index (χ2v) is 10.4. The zero-order valence-corrected chi connectivity index (χ0v) is 21.1. The lowest BCUT2D eigenvalue weighted by atomic mass is 9.96. The summed E-state index contributed by atoms with van der Waals surface area (Å²) in [5.41, 5.74) is 7.55. The van der Waals surface area contributed by atoms with Crippen molar-refractivity contribution in [1.82, 2.24) is 14.9 Å². The molecule has 0 radical (unpaired) electrons. The third kappa shape index (κ3) is 4.73. The molecule has 35 heavy (non-hydrogen) atoms. The molecule has 4 rings (SSSR count). The first-order valence-electron chi connectivity index (χ1n) is 10.8. The van der Waals surface area contributed by atoms with Crippen LogP contribution in [0.3, 0.4) is 0 Å². The van der Waals surface area contributed by atoms with Crippen LogP contribution in [-0.2, 0) is 26.9 Å². The number of likely N-dealkylation sites (tertiary alicyclic amines) is 1. The van der Waals surface area contributed by atoms with Crippen LogP contribution in [0.5, 0.6) is 0 Å². The average molecular weight is 519 g/mol. The summed E-state index contributed by atoms with van der Waals surface area (Å²) < 4.78 is 25.3. The predicted octanol–water partition coefficient (Wildman–Crippen LogP) is 1.28. The predicted molar refractivity (Wildman–Crippen MR) is 135 cm³/mol. The number of aliphatic carboxylic acids is 1. The van der Waals surface area contributed by atoms with E-state index in [0.717, 1.165) is 37.5 Å². The highest BCUT2D eigenvalue weighted by atomic mass is 32.2. The Labute approximate surface area is 207 Å². The van der Waals surface area contributed by atoms with Crippen molar-refractivity contribution in [2.45, 2.75) is 31.8 Å². The van der Waals surface area contributed by atoms with Crippen molar-refractivity contribution >= 4 is 60.8 Å². The van der Waals surface area contributed by atoms with Crippen LogP contribution in [0, 0.1) is 6.92 Å². The third-order valence-corrected chi connectivity index (χ3v) is 8.24. The molecule has 1 fully saturated rings. The molecular weight excluding hydrogens is 492 g/mol. The van der Waals surface area contributed by atoms with Crippen molar-refractivity contribution < 1.29 is 23.1 Å². The van der Waals surface area contributed by atoms with Gasteiger partial charge in [-0.1, -0.05) is 17.4 Å². The van der Waals surface area contributed by atoms with E-state index in [9.17, 15) is 23.1 Å². The van der Waals surface area contributed by atoms with Crippen LogP contribution in [0.4, 0.5) is 16.0 Å². The van der Waals surface area contributed by atoms with Crippen LogP contribution >= 0.6 is 11.3 Å². The van der Waals surface area contributed by atoms with E-state index in [1.807, 2.05) is 19.1 Å². The SMILES string of the molecule is Cc1cc2c(N)nccc2cc1C[C@H](C(=O)O)N1CC[C@H](N(c2cnc(N(C)C)s2)[SH](=O)=O)C1=O. The number of pyridine rings is 1. The van der Waals surface area contributed by atoms with Crippen molar-refractivity contribution in [2.24, 2.45) is 0 Å². The van der Waals surface area contributed by atoms with Gasteiger partial charge < -0.3 is 20.6 Å². The number of aryl methyl sites for hydroxylation is 1. The molecule has 3 N–H and O–H groups in total. The number of thiol groups is 1. The van der Waals surface area contributed by atoms with Gasteiger partial charge in [-0.3, -0.25) is 4.79 Å². The van der Waals surface area contributed by atoms with Crippen LogP contribution in [0.15, 0.2) is 30.6 Å². The van der Waals surface area contributed by atoms with Crippen molar-refractivity contribution in [3.05, 3.63) is 41.7 Å². The number of anilines is 3. The largest absolute Gasteiger partial charge is 0.480 e. The van der Waals surface area contributed by atoms with Gasteiger partial charge in [0.1, 0.15) is 22.9 Å². The van der Waals surface area contributed by atoms with Crippen molar-refractivity contribution in [1.29, 1.82) is 0 Å². The molecular formula is C22H26N6O5S2. The second-order valence-electron chi connectivity index (χ2n) is 8.55. The number of carboxylic acids is 1. The summed E-state index contributed by atoms with van der Waals surface area (Å²) in [6, 6.07) is 3.35. The number of carbonyl (C=O) groups is 2. The molecule has 0 spiro atoms. The van der Waals surface area contributed by atoms with Gasteiger partial charge in [0.25, 0.3) is 0 Å². The van der Waals surface area contributed by atoms with E-state index in [0.29, 0.717) is 16.0 Å². The van der Waals surface area contributed by atoms with E-state index in [4.69, 9.17) is 5.73 Å². The molecule has 186 valence electrons. The number of aromatic nitrogens is 2. The summed E-state index contributed by atoms with van der Waals surface area (Å²) in [7, 11) is 0.422. The summed E-state index contributed by atoms with van der Waals surface area (Å²) in [6.07, 6.45) is 3.25. The zero-order valence-electron chi connectivity index (χ0n) is 19.4. The smallest absolute Gasteiger partial charge is 0.326 e. The molecule has 0 aliphatic carbocycles. The number of hydrogen-bond donors (Lipinski definition) is 3. The molecule has 1 saturated heterocycles. The molecule has 3 heterocycles. The standard InChI is InChI=1S/C22H26N6O5S2/c1-12-8-15-13(4-6-24-19(15)23)9-14(12)10-17(21(30)31)27-7-5-16(20(27)29)28(35(32)33)18-11-25-22(34-18)26(2)3/h4,6,8-9,11,16-17,35H,5,7,10H2,1-3H3,(H2,23,24)(H,30,31)/t16-,17+/m0/s1. The minimum Gasteiger partial charge on any atom is -0.480 e. The van der Waals surface area contributed by atoms with E-state index in [1.54, 1.807) is 31.3 Å². The molecule has 3 aromatic rings. The topological polar surface area (TPSA) is 150 Å². The number of fused-ring (bicyclic) bond motifs is 1. The highest BCUT2D eigenvalue weighted by Crippen LogP contribution is 2.34. The van der Waals surface area contributed by atoms with Gasteiger partial charge >= 0.3 is 5.97 Å². The monoisotopic (exact) mass is 518 g/mol. The minimum atomic E-state index is -3.14. The number of nitrogens with zero attached hydrogens (tertiary/aromatic N) is 5. The lowest BCUT2D eigenvalue weighted by Crippen LogP contribution is -2.48. The third-order valence-electron chi connectivity index (χ3n) is 6.10. The molecule has 1 amide bonds. The van der Waals surface area contributed by atoms with Gasteiger partial charge in [-0.25, -0.2) is 27.5 Å². The van der Waals surface area contributed by atoms with Crippen molar-refractivity contribution in [3.63, 3.8) is 0 Å². The Morgan fingerprint density at radius 3 is 2.71 bits per heavy atom. The number of hydrogen-bond acceptors (Lipinski definition) is 9. The number of benzene rings is 1. The van der Waals surface area contributed by atoms with E-state index < -0.39 is 34.9 Å². The van der Waals surface area contributed by atoms with Crippen molar-refractivity contribution in [3.8, 4) is 0 Å². The highest BCUT2D eigenvalue weighted by molar-refractivity contribution is 7.74. The fraction of sp³-hybridized carbons (Fsp3) is 0.364. The number of carboxylic acid groups (broad SMARTS) is 1. The molecule has 1 aliphatic rings. The Morgan fingerprint density at radius 1 is 1.34 bits per heavy atom. The van der Waals surface area contributed by atoms with Gasteiger partial charge in [0.2, 0.25) is 16.8 Å². The van der Waals surface area contributed by atoms with E-state index in [2.05, 4.69) is 9.97 Å². The summed E-state index contributed by atoms with van der Waals surface area (Å²) in [6.45, 7) is 1.98. The maximum absolute atomic E-state index is 13.3. The maximum Gasteiger partial charge on any atom is 0.326 e. The molecule has 2 aromatic heterocycles. The molecule has 11 nitrogen and oxygen atoms in total. The summed E-state index contributed by atoms with van der Waals surface area (Å²) in [5, 5.41) is 12.5. The number of nitrogens with two attached hydrogens (primary N) is 1. The average Bonchev–Trinajstić information content (AvgIpc) is 3.41. The van der Waals surface area contributed by atoms with Gasteiger partial charge in [0.15, 0.2) is 5.13 Å². The second kappa shape index (κ2) is 9.66. The van der Waals surface area contributed by atoms with E-state index >= 15 is 0 Å². The van der Waals surface area contributed by atoms with Crippen LogP contribution in [0.25, 0.3) is 10.8 Å². The lowest BCUT2D eigenvalue weighted by molar-refractivity contribution is -0.148. The number of carbonyl (C=O) groups excluding carboxylic acids is 1. The van der Waals surface area contributed by atoms with E-state index in [1.165, 1.54) is 11.1 Å². The van der Waals surface area contributed by atoms with Gasteiger partial charge in [0.05, 0.1) is 6.20 Å². The van der Waals surface area contributed by atoms with Gasteiger partial charge in [-0.2, -0.15) is 0 Å². The fourth-order valence-corrected chi connectivity index (χ4v) is 6.08. The first kappa shape index (κ1) is 24.7. The van der Waals surface area contributed by atoms with Crippen LogP contribution in [0.2, 0.25) is 0 Å². The van der Waals surface area contributed by atoms with Crippen LogP contribution in [0.1, 0.15) is 17.5 Å². The lowest BCUT2D eigenvalue weighted by Gasteiger charge is -2.27. The normalized spacial score (nSPS) is 16.7. The Hall–Kier alpha value is -3.45. The van der Waals surface area contributed by atoms with Crippen LogP contribution in [-0.4, -0.2) is 73.0 Å². The Balaban J connectivity index is 1.62. The molecule has 0 saturated carbocycles. The zero-order chi connectivity index (χ0) is 25.4. The molecule has 0 bridgehead atoms. The summed E-state index contributed by atoms with van der Waals surface area (Å²) in [5.74, 6) is -1.31. The summed E-state index contributed by atoms with van der Waals surface area (Å²) in [4.78, 5) is 36.9. The van der Waals surface area contributed by atoms with Crippen LogP contribution < -0.4 is 14.9 Å². The fourth-order valence-electron chi connectivity index (χ4n) is 4.30. The van der Waals surface area contributed by atoms with Gasteiger partial charge in [0, 0.05) is 38.6 Å².